The molecule has 0 saturated carbocycles. The molecule has 4 heteroatoms. The highest BCUT2D eigenvalue weighted by atomic mass is 79.9. The van der Waals surface area contributed by atoms with Crippen LogP contribution >= 0.6 is 15.9 Å². The Hall–Kier alpha value is -0.900. The number of hydrogen-bond donors (Lipinski definition) is 1. The van der Waals surface area contributed by atoms with Crippen LogP contribution in [0.3, 0.4) is 0 Å². The van der Waals surface area contributed by atoms with E-state index in [1.165, 1.54) is 6.07 Å². The highest BCUT2D eigenvalue weighted by Crippen LogP contribution is 2.26. The molecule has 74 valence electrons. The Morgan fingerprint density at radius 3 is 2.93 bits per heavy atom. The van der Waals surface area contributed by atoms with Crippen molar-refractivity contribution in [1.82, 2.24) is 0 Å². The first-order valence-corrected chi connectivity index (χ1v) is 5.50. The van der Waals surface area contributed by atoms with Crippen molar-refractivity contribution in [3.8, 4) is 0 Å². The van der Waals surface area contributed by atoms with E-state index >= 15 is 0 Å². The van der Waals surface area contributed by atoms with Crippen molar-refractivity contribution in [2.75, 3.05) is 5.32 Å². The molecule has 1 aliphatic heterocycles. The predicted octanol–water partition coefficient (Wildman–Crippen LogP) is 2.61. The molecule has 0 aromatic heterocycles. The van der Waals surface area contributed by atoms with Crippen LogP contribution in [0.4, 0.5) is 10.1 Å². The van der Waals surface area contributed by atoms with Crippen molar-refractivity contribution in [1.29, 1.82) is 0 Å². The first kappa shape index (κ1) is 9.65. The van der Waals surface area contributed by atoms with E-state index in [4.69, 9.17) is 0 Å². The van der Waals surface area contributed by atoms with E-state index in [1.807, 2.05) is 0 Å². The first-order valence-electron chi connectivity index (χ1n) is 4.38. The lowest BCUT2D eigenvalue weighted by atomic mass is 10.0. The van der Waals surface area contributed by atoms with Gasteiger partial charge in [0.2, 0.25) is 5.91 Å². The number of fused-ring (bicyclic) bond motifs is 1. The van der Waals surface area contributed by atoms with Crippen molar-refractivity contribution in [3.05, 3.63) is 29.1 Å². The third-order valence-electron chi connectivity index (χ3n) is 2.31. The van der Waals surface area contributed by atoms with Gasteiger partial charge < -0.3 is 5.32 Å². The van der Waals surface area contributed by atoms with Gasteiger partial charge in [0.25, 0.3) is 0 Å². The molecule has 2 rings (SSSR count). The molecule has 14 heavy (non-hydrogen) atoms. The summed E-state index contributed by atoms with van der Waals surface area (Å²) in [4.78, 5) is 11.0. The van der Waals surface area contributed by atoms with Gasteiger partial charge in [-0.25, -0.2) is 4.39 Å². The number of rotatable bonds is 1. The van der Waals surface area contributed by atoms with Gasteiger partial charge in [-0.1, -0.05) is 15.9 Å². The SMILES string of the molecule is O=C1CCc2cc(CBr)c(F)cc2N1. The van der Waals surface area contributed by atoms with Gasteiger partial charge in [-0.15, -0.1) is 0 Å². The number of alkyl halides is 1. The Morgan fingerprint density at radius 1 is 1.43 bits per heavy atom. The maximum absolute atomic E-state index is 13.3. The van der Waals surface area contributed by atoms with Crippen molar-refractivity contribution < 1.29 is 9.18 Å². The number of anilines is 1. The standard InChI is InChI=1S/C10H9BrFNO/c11-5-7-3-6-1-2-10(14)13-9(6)4-8(7)12/h3-4H,1-2,5H2,(H,13,14). The van der Waals surface area contributed by atoms with E-state index in [1.54, 1.807) is 6.07 Å². The van der Waals surface area contributed by atoms with Crippen LogP contribution < -0.4 is 5.32 Å². The molecular weight excluding hydrogens is 249 g/mol. The van der Waals surface area contributed by atoms with Crippen LogP contribution in [0.2, 0.25) is 0 Å². The van der Waals surface area contributed by atoms with Crippen molar-refractivity contribution >= 4 is 27.5 Å². The molecule has 1 N–H and O–H groups in total. The summed E-state index contributed by atoms with van der Waals surface area (Å²) in [5, 5.41) is 3.16. The Morgan fingerprint density at radius 2 is 2.21 bits per heavy atom. The molecule has 0 spiro atoms. The summed E-state index contributed by atoms with van der Waals surface area (Å²) >= 11 is 3.22. The summed E-state index contributed by atoms with van der Waals surface area (Å²) in [5.41, 5.74) is 2.27. The van der Waals surface area contributed by atoms with Crippen LogP contribution in [0.1, 0.15) is 17.5 Å². The highest BCUT2D eigenvalue weighted by Gasteiger charge is 2.16. The topological polar surface area (TPSA) is 29.1 Å². The van der Waals surface area contributed by atoms with E-state index in [9.17, 15) is 9.18 Å². The molecule has 0 unspecified atom stereocenters. The second-order valence-electron chi connectivity index (χ2n) is 3.28. The number of hydrogen-bond acceptors (Lipinski definition) is 1. The summed E-state index contributed by atoms with van der Waals surface area (Å²) < 4.78 is 13.3. The van der Waals surface area contributed by atoms with Gasteiger partial charge in [0.05, 0.1) is 0 Å². The fourth-order valence-electron chi connectivity index (χ4n) is 1.56. The number of aryl methyl sites for hydroxylation is 1. The zero-order valence-electron chi connectivity index (χ0n) is 7.44. The van der Waals surface area contributed by atoms with Gasteiger partial charge in [-0.3, -0.25) is 4.79 Å². The van der Waals surface area contributed by atoms with Crippen molar-refractivity contribution in [3.63, 3.8) is 0 Å². The fraction of sp³-hybridized carbons (Fsp3) is 0.300. The number of nitrogens with one attached hydrogen (secondary N) is 1. The fourth-order valence-corrected chi connectivity index (χ4v) is 1.99. The molecule has 0 atom stereocenters. The summed E-state index contributed by atoms with van der Waals surface area (Å²) in [6, 6.07) is 3.20. The highest BCUT2D eigenvalue weighted by molar-refractivity contribution is 9.08. The van der Waals surface area contributed by atoms with Crippen molar-refractivity contribution in [2.45, 2.75) is 18.2 Å². The second-order valence-corrected chi connectivity index (χ2v) is 3.84. The Bertz CT molecular complexity index is 392. The monoisotopic (exact) mass is 257 g/mol. The predicted molar refractivity (Wildman–Crippen MR) is 56.0 cm³/mol. The maximum Gasteiger partial charge on any atom is 0.224 e. The first-order chi connectivity index (χ1) is 6.70. The molecule has 1 aromatic carbocycles. The lowest BCUT2D eigenvalue weighted by molar-refractivity contribution is -0.116. The molecule has 1 amide bonds. The zero-order valence-corrected chi connectivity index (χ0v) is 9.03. The van der Waals surface area contributed by atoms with E-state index < -0.39 is 0 Å². The molecule has 1 aliphatic rings. The molecule has 2 nitrogen and oxygen atoms in total. The van der Waals surface area contributed by atoms with Crippen LogP contribution in [0.5, 0.6) is 0 Å². The molecule has 0 fully saturated rings. The maximum atomic E-state index is 13.3. The molecule has 0 saturated heterocycles. The summed E-state index contributed by atoms with van der Waals surface area (Å²) in [5.74, 6) is -0.314. The zero-order chi connectivity index (χ0) is 10.1. The van der Waals surface area contributed by atoms with Crippen molar-refractivity contribution in [2.24, 2.45) is 0 Å². The van der Waals surface area contributed by atoms with Crippen LogP contribution in [0.15, 0.2) is 12.1 Å². The summed E-state index contributed by atoms with van der Waals surface area (Å²) in [6.07, 6.45) is 1.18. The largest absolute Gasteiger partial charge is 0.326 e. The van der Waals surface area contributed by atoms with Crippen LogP contribution in [-0.4, -0.2) is 5.91 Å². The summed E-state index contributed by atoms with van der Waals surface area (Å²) in [6.45, 7) is 0. The molecule has 1 aromatic rings. The van der Waals surface area contributed by atoms with E-state index in [0.29, 0.717) is 29.4 Å². The average Bonchev–Trinajstić information content (AvgIpc) is 2.16. The molecule has 0 bridgehead atoms. The normalized spacial score (nSPS) is 14.9. The minimum Gasteiger partial charge on any atom is -0.326 e. The van der Waals surface area contributed by atoms with Crippen LogP contribution in [0.25, 0.3) is 0 Å². The van der Waals surface area contributed by atoms with E-state index in [2.05, 4.69) is 21.2 Å². The number of benzene rings is 1. The van der Waals surface area contributed by atoms with Gasteiger partial charge in [-0.2, -0.15) is 0 Å². The van der Waals surface area contributed by atoms with E-state index in [0.717, 1.165) is 5.56 Å². The minimum atomic E-state index is -0.275. The third kappa shape index (κ3) is 1.66. The third-order valence-corrected chi connectivity index (χ3v) is 2.92. The van der Waals surface area contributed by atoms with Gasteiger partial charge in [0.15, 0.2) is 0 Å². The molecule has 1 heterocycles. The molecule has 0 aliphatic carbocycles. The number of amides is 1. The average molecular weight is 258 g/mol. The minimum absolute atomic E-state index is 0.0384. The number of halogens is 2. The smallest absolute Gasteiger partial charge is 0.224 e. The lowest BCUT2D eigenvalue weighted by Gasteiger charge is -2.17. The molecular formula is C10H9BrFNO. The quantitative estimate of drug-likeness (QED) is 0.771. The Labute approximate surface area is 89.6 Å². The lowest BCUT2D eigenvalue weighted by Crippen LogP contribution is -2.19. The summed E-state index contributed by atoms with van der Waals surface area (Å²) in [7, 11) is 0. The van der Waals surface area contributed by atoms with Gasteiger partial charge in [0.1, 0.15) is 5.82 Å². The second kappa shape index (κ2) is 3.69. The number of carbonyl (C=O) groups is 1. The van der Waals surface area contributed by atoms with Crippen LogP contribution in [0, 0.1) is 5.82 Å². The van der Waals surface area contributed by atoms with E-state index in [-0.39, 0.29) is 11.7 Å². The Balaban J connectivity index is 2.45. The Kier molecular flexibility index (Phi) is 2.54. The van der Waals surface area contributed by atoms with Gasteiger partial charge in [-0.05, 0) is 29.7 Å². The molecule has 0 radical (unpaired) electrons. The van der Waals surface area contributed by atoms with Gasteiger partial charge in [0, 0.05) is 17.4 Å². The van der Waals surface area contributed by atoms with Gasteiger partial charge >= 0.3 is 0 Å². The number of carbonyl (C=O) groups excluding carboxylic acids is 1. The van der Waals surface area contributed by atoms with Crippen LogP contribution in [-0.2, 0) is 16.5 Å².